The van der Waals surface area contributed by atoms with E-state index in [1.807, 2.05) is 30.3 Å². The minimum absolute atomic E-state index is 0.151. The molecule has 0 saturated carbocycles. The fraction of sp³-hybridized carbons (Fsp3) is 0. The van der Waals surface area contributed by atoms with Crippen molar-refractivity contribution >= 4 is 22.2 Å². The second-order valence-electron chi connectivity index (χ2n) is 4.47. The van der Waals surface area contributed by atoms with Crippen LogP contribution in [0.3, 0.4) is 0 Å². The van der Waals surface area contributed by atoms with E-state index in [0.717, 1.165) is 16.5 Å². The first-order valence-corrected chi connectivity index (χ1v) is 7.15. The maximum absolute atomic E-state index is 9.70. The Hall–Kier alpha value is -2.73. The Morgan fingerprint density at radius 3 is 2.95 bits per heavy atom. The van der Waals surface area contributed by atoms with E-state index in [-0.39, 0.29) is 5.75 Å². The van der Waals surface area contributed by atoms with Crippen molar-refractivity contribution in [1.29, 1.82) is 0 Å². The van der Waals surface area contributed by atoms with Crippen molar-refractivity contribution in [3.05, 3.63) is 48.0 Å². The highest BCUT2D eigenvalue weighted by atomic mass is 32.1. The van der Waals surface area contributed by atoms with E-state index in [1.54, 1.807) is 17.6 Å². The molecule has 0 fully saturated rings. The van der Waals surface area contributed by atoms with Gasteiger partial charge in [-0.25, -0.2) is 0 Å². The van der Waals surface area contributed by atoms with Crippen LogP contribution in [0.1, 0.15) is 0 Å². The van der Waals surface area contributed by atoms with E-state index in [9.17, 15) is 5.11 Å². The molecule has 6 heteroatoms. The molecule has 0 radical (unpaired) electrons. The third kappa shape index (κ3) is 2.05. The molecule has 0 unspecified atom stereocenters. The second kappa shape index (κ2) is 4.68. The lowest BCUT2D eigenvalue weighted by molar-refractivity contribution is 0.427. The lowest BCUT2D eigenvalue weighted by atomic mass is 10.1. The van der Waals surface area contributed by atoms with E-state index in [2.05, 4.69) is 15.1 Å². The molecule has 0 saturated heterocycles. The summed E-state index contributed by atoms with van der Waals surface area (Å²) < 4.78 is 5.23. The van der Waals surface area contributed by atoms with E-state index in [0.29, 0.717) is 16.6 Å². The highest BCUT2D eigenvalue weighted by Gasteiger charge is 2.15. The predicted molar refractivity (Wildman–Crippen MR) is 80.0 cm³/mol. The number of thiophene rings is 1. The number of fused-ring (bicyclic) bond motifs is 1. The Morgan fingerprint density at radius 2 is 2.10 bits per heavy atom. The van der Waals surface area contributed by atoms with Gasteiger partial charge < -0.3 is 9.63 Å². The molecule has 5 nitrogen and oxygen atoms in total. The molecule has 0 bridgehead atoms. The van der Waals surface area contributed by atoms with Gasteiger partial charge in [0, 0.05) is 17.1 Å². The highest BCUT2D eigenvalue weighted by Crippen LogP contribution is 2.34. The minimum atomic E-state index is 0.151. The van der Waals surface area contributed by atoms with Crippen LogP contribution in [0.25, 0.3) is 33.1 Å². The van der Waals surface area contributed by atoms with Crippen molar-refractivity contribution in [2.45, 2.75) is 0 Å². The highest BCUT2D eigenvalue weighted by molar-refractivity contribution is 7.13. The van der Waals surface area contributed by atoms with Gasteiger partial charge in [0.05, 0.1) is 5.52 Å². The normalized spacial score (nSPS) is 11.0. The van der Waals surface area contributed by atoms with Crippen LogP contribution in [0.2, 0.25) is 0 Å². The summed E-state index contributed by atoms with van der Waals surface area (Å²) in [4.78, 5) is 9.20. The summed E-state index contributed by atoms with van der Waals surface area (Å²) >= 11 is 1.36. The van der Waals surface area contributed by atoms with Gasteiger partial charge in [-0.2, -0.15) is 4.98 Å². The molecule has 1 N–H and O–H groups in total. The zero-order chi connectivity index (χ0) is 14.2. The van der Waals surface area contributed by atoms with Gasteiger partial charge in [-0.15, -0.1) is 11.3 Å². The van der Waals surface area contributed by atoms with Gasteiger partial charge >= 0.3 is 0 Å². The van der Waals surface area contributed by atoms with Crippen molar-refractivity contribution in [2.75, 3.05) is 0 Å². The maximum Gasteiger partial charge on any atom is 0.272 e. The van der Waals surface area contributed by atoms with Crippen LogP contribution in [0.5, 0.6) is 5.75 Å². The van der Waals surface area contributed by atoms with Gasteiger partial charge in [-0.1, -0.05) is 11.2 Å². The summed E-state index contributed by atoms with van der Waals surface area (Å²) in [5, 5.41) is 16.5. The first-order chi connectivity index (χ1) is 10.3. The SMILES string of the molecule is Oc1ccsc1-c1nc(-c2ccc3ncccc3c2)no1. The zero-order valence-corrected chi connectivity index (χ0v) is 11.5. The topological polar surface area (TPSA) is 72.0 Å². The lowest BCUT2D eigenvalue weighted by Crippen LogP contribution is -1.83. The Labute approximate surface area is 123 Å². The van der Waals surface area contributed by atoms with Gasteiger partial charge in [-0.05, 0) is 35.7 Å². The van der Waals surface area contributed by atoms with Crippen LogP contribution in [0.4, 0.5) is 0 Å². The molecule has 0 aliphatic carbocycles. The Morgan fingerprint density at radius 1 is 1.14 bits per heavy atom. The minimum Gasteiger partial charge on any atom is -0.506 e. The molecule has 1 aromatic carbocycles. The van der Waals surface area contributed by atoms with Crippen LogP contribution in [0.15, 0.2) is 52.5 Å². The summed E-state index contributed by atoms with van der Waals surface area (Å²) in [5.41, 5.74) is 1.77. The van der Waals surface area contributed by atoms with Crippen LogP contribution in [-0.4, -0.2) is 20.2 Å². The first-order valence-electron chi connectivity index (χ1n) is 6.27. The standard InChI is InChI=1S/C15H9N3O2S/c19-12-5-7-21-13(12)15-17-14(18-20-15)10-3-4-11-9(8-10)2-1-6-16-11/h1-8,19H. The second-order valence-corrected chi connectivity index (χ2v) is 5.39. The molecule has 3 aromatic heterocycles. The number of benzene rings is 1. The van der Waals surface area contributed by atoms with Crippen LogP contribution < -0.4 is 0 Å². The average Bonchev–Trinajstić information content (AvgIpc) is 3.15. The number of pyridine rings is 1. The fourth-order valence-corrected chi connectivity index (χ4v) is 2.82. The molecule has 0 spiro atoms. The first kappa shape index (κ1) is 12.0. The van der Waals surface area contributed by atoms with Gasteiger partial charge in [0.2, 0.25) is 5.82 Å². The summed E-state index contributed by atoms with van der Waals surface area (Å²) in [6, 6.07) is 11.3. The zero-order valence-electron chi connectivity index (χ0n) is 10.7. The smallest absolute Gasteiger partial charge is 0.272 e. The molecule has 3 heterocycles. The number of rotatable bonds is 2. The Bertz CT molecular complexity index is 929. The van der Waals surface area contributed by atoms with Gasteiger partial charge in [-0.3, -0.25) is 4.98 Å². The number of nitrogens with zero attached hydrogens (tertiary/aromatic N) is 3. The fourth-order valence-electron chi connectivity index (χ4n) is 2.11. The summed E-state index contributed by atoms with van der Waals surface area (Å²) in [6.45, 7) is 0. The third-order valence-corrected chi connectivity index (χ3v) is 4.02. The molecule has 21 heavy (non-hydrogen) atoms. The molecule has 4 rings (SSSR count). The van der Waals surface area contributed by atoms with E-state index >= 15 is 0 Å². The Balaban J connectivity index is 1.79. The average molecular weight is 295 g/mol. The summed E-state index contributed by atoms with van der Waals surface area (Å²) in [5.74, 6) is 0.963. The van der Waals surface area contributed by atoms with Crippen molar-refractivity contribution < 1.29 is 9.63 Å². The van der Waals surface area contributed by atoms with E-state index in [4.69, 9.17) is 4.52 Å². The molecule has 0 aliphatic rings. The van der Waals surface area contributed by atoms with Crippen LogP contribution in [-0.2, 0) is 0 Å². The molecule has 4 aromatic rings. The number of hydrogen-bond donors (Lipinski definition) is 1. The van der Waals surface area contributed by atoms with Gasteiger partial charge in [0.15, 0.2) is 0 Å². The van der Waals surface area contributed by atoms with Crippen molar-refractivity contribution in [3.63, 3.8) is 0 Å². The lowest BCUT2D eigenvalue weighted by Gasteiger charge is -1.98. The van der Waals surface area contributed by atoms with E-state index in [1.165, 1.54) is 11.3 Å². The summed E-state index contributed by atoms with van der Waals surface area (Å²) in [6.07, 6.45) is 1.76. The third-order valence-electron chi connectivity index (χ3n) is 3.13. The molecule has 0 atom stereocenters. The van der Waals surface area contributed by atoms with E-state index < -0.39 is 0 Å². The molecular formula is C15H9N3O2S. The number of aromatic hydroxyl groups is 1. The quantitative estimate of drug-likeness (QED) is 0.610. The largest absolute Gasteiger partial charge is 0.506 e. The van der Waals surface area contributed by atoms with Crippen molar-refractivity contribution in [3.8, 4) is 27.9 Å². The Kier molecular flexibility index (Phi) is 2.68. The maximum atomic E-state index is 9.70. The van der Waals surface area contributed by atoms with Crippen LogP contribution >= 0.6 is 11.3 Å². The van der Waals surface area contributed by atoms with Crippen molar-refractivity contribution in [1.82, 2.24) is 15.1 Å². The van der Waals surface area contributed by atoms with Crippen molar-refractivity contribution in [2.24, 2.45) is 0 Å². The number of hydrogen-bond acceptors (Lipinski definition) is 6. The molecule has 102 valence electrons. The summed E-state index contributed by atoms with van der Waals surface area (Å²) in [7, 11) is 0. The molecule has 0 aliphatic heterocycles. The molecule has 0 amide bonds. The van der Waals surface area contributed by atoms with Crippen LogP contribution in [0, 0.1) is 0 Å². The molecular weight excluding hydrogens is 286 g/mol. The van der Waals surface area contributed by atoms with Gasteiger partial charge in [0.1, 0.15) is 10.6 Å². The number of aromatic nitrogens is 3. The monoisotopic (exact) mass is 295 g/mol. The van der Waals surface area contributed by atoms with Gasteiger partial charge in [0.25, 0.3) is 5.89 Å². The predicted octanol–water partition coefficient (Wildman–Crippen LogP) is 3.72.